The molecule has 1 aliphatic rings. The van der Waals surface area contributed by atoms with Crippen molar-refractivity contribution < 1.29 is 18.5 Å². The smallest absolute Gasteiger partial charge is 0.404 e. The molecule has 1 aromatic rings. The van der Waals surface area contributed by atoms with Crippen molar-refractivity contribution in [3.8, 4) is 5.75 Å². The van der Waals surface area contributed by atoms with Crippen molar-refractivity contribution in [2.24, 2.45) is 5.73 Å². The number of piperidine rings is 1. The van der Waals surface area contributed by atoms with E-state index in [1.807, 2.05) is 32.0 Å². The lowest BCUT2D eigenvalue weighted by Crippen LogP contribution is -2.34. The van der Waals surface area contributed by atoms with E-state index < -0.39 is 7.82 Å². The van der Waals surface area contributed by atoms with Crippen molar-refractivity contribution in [1.82, 2.24) is 4.90 Å². The third kappa shape index (κ3) is 7.20. The molecule has 0 spiro atoms. The summed E-state index contributed by atoms with van der Waals surface area (Å²) in [4.78, 5) is 12.6. The number of benzene rings is 1. The number of unbranched alkanes of at least 4 members (excludes halogenated alkanes) is 1. The summed E-state index contributed by atoms with van der Waals surface area (Å²) in [5.41, 5.74) is 7.58. The fourth-order valence-corrected chi connectivity index (χ4v) is 4.51. The van der Waals surface area contributed by atoms with E-state index in [9.17, 15) is 9.46 Å². The number of phosphoric acid groups is 1. The highest BCUT2D eigenvalue weighted by molar-refractivity contribution is 7.47. The molecule has 0 aliphatic carbocycles. The molecule has 6 nitrogen and oxygen atoms in total. The predicted octanol–water partition coefficient (Wildman–Crippen LogP) is 4.21. The van der Waals surface area contributed by atoms with Crippen LogP contribution >= 0.6 is 7.82 Å². The number of nitrogens with two attached hydrogens (primary N) is 1. The molecule has 154 valence electrons. The molecule has 1 aliphatic heterocycles. The molecule has 2 unspecified atom stereocenters. The number of likely N-dealkylation sites (tertiary alicyclic amines) is 1. The van der Waals surface area contributed by atoms with Gasteiger partial charge in [0.05, 0.1) is 6.10 Å². The third-order valence-electron chi connectivity index (χ3n) is 5.23. The van der Waals surface area contributed by atoms with Gasteiger partial charge >= 0.3 is 7.82 Å². The highest BCUT2D eigenvalue weighted by Gasteiger charge is 2.29. The van der Waals surface area contributed by atoms with Crippen LogP contribution in [0, 0.1) is 6.92 Å². The van der Waals surface area contributed by atoms with Crippen molar-refractivity contribution in [2.75, 3.05) is 26.2 Å². The fraction of sp³-hybridized carbons (Fsp3) is 0.700. The molecule has 1 fully saturated rings. The van der Waals surface area contributed by atoms with Gasteiger partial charge in [-0.1, -0.05) is 19.1 Å². The molecule has 2 rings (SSSR count). The maximum atomic E-state index is 12.4. The molecule has 2 atom stereocenters. The molecule has 3 N–H and O–H groups in total. The lowest BCUT2D eigenvalue weighted by Gasteiger charge is -2.33. The molecule has 0 radical (unpaired) electrons. The van der Waals surface area contributed by atoms with Crippen molar-refractivity contribution in [3.05, 3.63) is 29.3 Å². The van der Waals surface area contributed by atoms with Gasteiger partial charge in [-0.2, -0.15) is 0 Å². The Balaban J connectivity index is 2.05. The standard InChI is InChI=1S/C20H35N2O4P/c1-4-17(3)25-27(23,24)26-20-15-16(2)7-8-19(20)18-9-13-22(14-10-18)12-6-5-11-21/h7-8,15,17-18H,4-6,9-14,21H2,1-3H3,(H,23,24). The number of hydrogen-bond acceptors (Lipinski definition) is 5. The van der Waals surface area contributed by atoms with Crippen LogP contribution in [0.5, 0.6) is 5.75 Å². The van der Waals surface area contributed by atoms with E-state index in [1.165, 1.54) is 0 Å². The van der Waals surface area contributed by atoms with Gasteiger partial charge in [0.15, 0.2) is 0 Å². The summed E-state index contributed by atoms with van der Waals surface area (Å²) in [7, 11) is -4.14. The first-order chi connectivity index (χ1) is 12.8. The molecular weight excluding hydrogens is 363 g/mol. The molecule has 0 saturated carbocycles. The summed E-state index contributed by atoms with van der Waals surface area (Å²) in [5, 5.41) is 0. The van der Waals surface area contributed by atoms with Crippen LogP contribution in [0.4, 0.5) is 0 Å². The van der Waals surface area contributed by atoms with Crippen LogP contribution in [0.2, 0.25) is 0 Å². The van der Waals surface area contributed by atoms with Gasteiger partial charge < -0.3 is 15.2 Å². The van der Waals surface area contributed by atoms with E-state index in [0.29, 0.717) is 18.1 Å². The molecule has 0 bridgehead atoms. The highest BCUT2D eigenvalue weighted by Crippen LogP contribution is 2.48. The summed E-state index contributed by atoms with van der Waals surface area (Å²) in [6, 6.07) is 5.90. The van der Waals surface area contributed by atoms with E-state index in [2.05, 4.69) is 4.90 Å². The van der Waals surface area contributed by atoms with E-state index in [4.69, 9.17) is 14.8 Å². The summed E-state index contributed by atoms with van der Waals surface area (Å²) >= 11 is 0. The Labute approximate surface area is 163 Å². The van der Waals surface area contributed by atoms with Crippen molar-refractivity contribution in [2.45, 2.75) is 64.9 Å². The average Bonchev–Trinajstić information content (AvgIpc) is 2.62. The van der Waals surface area contributed by atoms with E-state index in [-0.39, 0.29) is 6.10 Å². The lowest BCUT2D eigenvalue weighted by atomic mass is 9.88. The summed E-state index contributed by atoms with van der Waals surface area (Å²) in [6.07, 6.45) is 4.56. The van der Waals surface area contributed by atoms with Gasteiger partial charge in [-0.05, 0) is 95.2 Å². The Hall–Kier alpha value is -0.910. The van der Waals surface area contributed by atoms with Crippen molar-refractivity contribution in [3.63, 3.8) is 0 Å². The van der Waals surface area contributed by atoms with Crippen LogP contribution in [0.1, 0.15) is 63.0 Å². The minimum Gasteiger partial charge on any atom is -0.404 e. The largest absolute Gasteiger partial charge is 0.527 e. The minimum atomic E-state index is -4.14. The minimum absolute atomic E-state index is 0.328. The SMILES string of the molecule is CCC(C)OP(=O)(O)Oc1cc(C)ccc1C1CCN(CCCCN)CC1. The predicted molar refractivity (Wildman–Crippen MR) is 109 cm³/mol. The maximum Gasteiger partial charge on any atom is 0.527 e. The van der Waals surface area contributed by atoms with Crippen LogP contribution in [-0.4, -0.2) is 42.1 Å². The third-order valence-corrected chi connectivity index (χ3v) is 6.28. The van der Waals surface area contributed by atoms with E-state index in [1.54, 1.807) is 6.92 Å². The second-order valence-electron chi connectivity index (χ2n) is 7.54. The van der Waals surface area contributed by atoms with Crippen LogP contribution < -0.4 is 10.3 Å². The van der Waals surface area contributed by atoms with Crippen LogP contribution in [0.15, 0.2) is 18.2 Å². The number of rotatable bonds is 10. The number of phosphoric ester groups is 1. The normalized spacial score (nSPS) is 19.6. The van der Waals surface area contributed by atoms with Gasteiger partial charge in [0, 0.05) is 0 Å². The van der Waals surface area contributed by atoms with Gasteiger partial charge in [-0.3, -0.25) is 9.42 Å². The summed E-state index contributed by atoms with van der Waals surface area (Å²) in [6.45, 7) is 9.53. The Bertz CT molecular complexity index is 632. The molecule has 7 heteroatoms. The van der Waals surface area contributed by atoms with E-state index >= 15 is 0 Å². The average molecular weight is 398 g/mol. The Morgan fingerprint density at radius 3 is 2.67 bits per heavy atom. The van der Waals surface area contributed by atoms with E-state index in [0.717, 1.165) is 63.0 Å². The lowest BCUT2D eigenvalue weighted by molar-refractivity contribution is 0.146. The topological polar surface area (TPSA) is 85.0 Å². The monoisotopic (exact) mass is 398 g/mol. The first kappa shape index (κ1) is 22.4. The first-order valence-corrected chi connectivity index (χ1v) is 11.6. The summed E-state index contributed by atoms with van der Waals surface area (Å²) < 4.78 is 23.1. The zero-order chi connectivity index (χ0) is 19.9. The Kier molecular flexibility index (Phi) is 8.77. The zero-order valence-corrected chi connectivity index (χ0v) is 17.8. The molecule has 27 heavy (non-hydrogen) atoms. The first-order valence-electron chi connectivity index (χ1n) is 10.1. The molecule has 0 aromatic heterocycles. The number of hydrogen-bond donors (Lipinski definition) is 2. The number of aryl methyl sites for hydroxylation is 1. The second-order valence-corrected chi connectivity index (χ2v) is 8.87. The van der Waals surface area contributed by atoms with Crippen molar-refractivity contribution in [1.29, 1.82) is 0 Å². The maximum absolute atomic E-state index is 12.4. The van der Waals surface area contributed by atoms with Crippen molar-refractivity contribution >= 4 is 7.82 Å². The van der Waals surface area contributed by atoms with Crippen LogP contribution in [0.3, 0.4) is 0 Å². The van der Waals surface area contributed by atoms with Crippen LogP contribution in [-0.2, 0) is 9.09 Å². The van der Waals surface area contributed by atoms with Gasteiger partial charge in [0.2, 0.25) is 0 Å². The van der Waals surface area contributed by atoms with Gasteiger partial charge in [0.1, 0.15) is 5.75 Å². The highest BCUT2D eigenvalue weighted by atomic mass is 31.2. The number of nitrogens with zero attached hydrogens (tertiary/aromatic N) is 1. The summed E-state index contributed by atoms with van der Waals surface area (Å²) in [5.74, 6) is 0.806. The van der Waals surface area contributed by atoms with Gasteiger partial charge in [-0.25, -0.2) is 4.57 Å². The quantitative estimate of drug-likeness (QED) is 0.454. The van der Waals surface area contributed by atoms with Gasteiger partial charge in [0.25, 0.3) is 0 Å². The molecule has 1 heterocycles. The van der Waals surface area contributed by atoms with Gasteiger partial charge in [-0.15, -0.1) is 0 Å². The molecule has 0 amide bonds. The molecule has 1 aromatic carbocycles. The molecular formula is C20H35N2O4P. The zero-order valence-electron chi connectivity index (χ0n) is 16.9. The second kappa shape index (κ2) is 10.6. The fourth-order valence-electron chi connectivity index (χ4n) is 3.45. The Morgan fingerprint density at radius 1 is 1.33 bits per heavy atom. The Morgan fingerprint density at radius 2 is 2.04 bits per heavy atom. The molecule has 1 saturated heterocycles. The van der Waals surface area contributed by atoms with Crippen LogP contribution in [0.25, 0.3) is 0 Å².